The van der Waals surface area contributed by atoms with Crippen LogP contribution in [0, 0.1) is 17.8 Å². The first-order chi connectivity index (χ1) is 8.32. The lowest BCUT2D eigenvalue weighted by Gasteiger charge is -2.40. The minimum atomic E-state index is -0.781. The topological polar surface area (TPSA) is 20.2 Å². The molecule has 1 heteroatoms. The van der Waals surface area contributed by atoms with Crippen molar-refractivity contribution in [1.82, 2.24) is 0 Å². The summed E-state index contributed by atoms with van der Waals surface area (Å²) in [4.78, 5) is 0. The van der Waals surface area contributed by atoms with Gasteiger partial charge in [0.25, 0.3) is 0 Å². The van der Waals surface area contributed by atoms with Gasteiger partial charge in [0.2, 0.25) is 0 Å². The molecule has 0 saturated carbocycles. The molecule has 3 aliphatic rings. The maximum atomic E-state index is 11.2. The number of aliphatic hydroxyl groups is 1. The predicted octanol–water partition coefficient (Wildman–Crippen LogP) is 2.94. The fraction of sp³-hybridized carbons (Fsp3) is 0.250. The van der Waals surface area contributed by atoms with Gasteiger partial charge in [0.15, 0.2) is 0 Å². The molecule has 86 valence electrons. The van der Waals surface area contributed by atoms with Crippen molar-refractivity contribution in [2.75, 3.05) is 0 Å². The van der Waals surface area contributed by atoms with Gasteiger partial charge in [0.1, 0.15) is 0 Å². The van der Waals surface area contributed by atoms with Gasteiger partial charge in [-0.05, 0) is 0 Å². The van der Waals surface area contributed by atoms with Crippen LogP contribution < -0.4 is 0 Å². The molecular weight excluding hydrogens is 208 g/mol. The monoisotopic (exact) mass is 224 g/mol. The van der Waals surface area contributed by atoms with E-state index in [0.717, 1.165) is 0 Å². The van der Waals surface area contributed by atoms with Crippen LogP contribution in [0.2, 0.25) is 0 Å². The van der Waals surface area contributed by atoms with Gasteiger partial charge in [0.05, 0.1) is 5.60 Å². The van der Waals surface area contributed by atoms with E-state index in [2.05, 4.69) is 36.5 Å². The summed E-state index contributed by atoms with van der Waals surface area (Å²) in [5, 5.41) is 11.2. The lowest BCUT2D eigenvalue weighted by molar-refractivity contribution is -0.0304. The Morgan fingerprint density at radius 3 is 1.00 bits per heavy atom. The predicted molar refractivity (Wildman–Crippen MR) is 70.3 cm³/mol. The molecule has 0 fully saturated rings. The summed E-state index contributed by atoms with van der Waals surface area (Å²) in [5.74, 6) is 0.242. The highest BCUT2D eigenvalue weighted by Gasteiger charge is 2.45. The third kappa shape index (κ3) is 1.58. The van der Waals surface area contributed by atoms with Crippen LogP contribution in [0.5, 0.6) is 0 Å². The Morgan fingerprint density at radius 1 is 0.529 bits per heavy atom. The summed E-state index contributed by atoms with van der Waals surface area (Å²) < 4.78 is 0. The average Bonchev–Trinajstić information content (AvgIpc) is 3.10. The van der Waals surface area contributed by atoms with E-state index in [-0.39, 0.29) is 17.8 Å². The molecule has 0 aliphatic heterocycles. The molecule has 1 N–H and O–H groups in total. The highest BCUT2D eigenvalue weighted by Crippen LogP contribution is 2.42. The minimum absolute atomic E-state index is 0.0808. The zero-order valence-electron chi connectivity index (χ0n) is 9.61. The molecule has 0 amide bonds. The molecule has 0 saturated heterocycles. The molecule has 0 bridgehead atoms. The van der Waals surface area contributed by atoms with E-state index in [1.54, 1.807) is 0 Å². The van der Waals surface area contributed by atoms with Crippen molar-refractivity contribution in [2.45, 2.75) is 5.60 Å². The van der Waals surface area contributed by atoms with Crippen LogP contribution in [0.25, 0.3) is 0 Å². The van der Waals surface area contributed by atoms with Crippen molar-refractivity contribution >= 4 is 0 Å². The number of allylic oxidation sites excluding steroid dienone is 6. The van der Waals surface area contributed by atoms with Gasteiger partial charge in [-0.3, -0.25) is 0 Å². The molecule has 0 heterocycles. The lowest BCUT2D eigenvalue weighted by atomic mass is 9.70. The van der Waals surface area contributed by atoms with E-state index in [1.165, 1.54) is 0 Å². The van der Waals surface area contributed by atoms with E-state index in [0.29, 0.717) is 0 Å². The molecule has 1 nitrogen and oxygen atoms in total. The Kier molecular flexibility index (Phi) is 2.49. The normalized spacial score (nSPS) is 23.8. The van der Waals surface area contributed by atoms with Gasteiger partial charge in [-0.2, -0.15) is 0 Å². The van der Waals surface area contributed by atoms with Crippen molar-refractivity contribution in [3.63, 3.8) is 0 Å². The fourth-order valence-corrected chi connectivity index (χ4v) is 2.89. The summed E-state index contributed by atoms with van der Waals surface area (Å²) in [5.41, 5.74) is -0.781. The third-order valence-electron chi connectivity index (χ3n) is 3.85. The molecule has 0 aromatic heterocycles. The van der Waals surface area contributed by atoms with Crippen LogP contribution in [-0.2, 0) is 0 Å². The first-order valence-electron chi connectivity index (χ1n) is 6.09. The zero-order chi connectivity index (χ0) is 11.7. The van der Waals surface area contributed by atoms with Crippen LogP contribution in [0.4, 0.5) is 0 Å². The standard InChI is InChI=1S/C16H16O/c17-16(13-7-1-2-8-13,14-9-3-4-10-14)15-11-5-6-12-15/h1-15,17H. The molecule has 3 rings (SSSR count). The van der Waals surface area contributed by atoms with E-state index in [1.807, 2.05) is 36.5 Å². The highest BCUT2D eigenvalue weighted by molar-refractivity contribution is 5.35. The molecule has 17 heavy (non-hydrogen) atoms. The Morgan fingerprint density at radius 2 is 0.765 bits per heavy atom. The van der Waals surface area contributed by atoms with Crippen molar-refractivity contribution in [3.05, 3.63) is 72.9 Å². The zero-order valence-corrected chi connectivity index (χ0v) is 9.61. The third-order valence-corrected chi connectivity index (χ3v) is 3.85. The molecule has 0 atom stereocenters. The molecular formula is C16H16O. The average molecular weight is 224 g/mol. The Bertz CT molecular complexity index is 368. The van der Waals surface area contributed by atoms with Gasteiger partial charge in [0, 0.05) is 17.8 Å². The van der Waals surface area contributed by atoms with Crippen molar-refractivity contribution in [3.8, 4) is 0 Å². The largest absolute Gasteiger partial charge is 0.387 e. The summed E-state index contributed by atoms with van der Waals surface area (Å²) in [6.07, 6.45) is 24.6. The number of hydrogen-bond donors (Lipinski definition) is 1. The van der Waals surface area contributed by atoms with Crippen molar-refractivity contribution in [1.29, 1.82) is 0 Å². The van der Waals surface area contributed by atoms with E-state index in [4.69, 9.17) is 0 Å². The van der Waals surface area contributed by atoms with E-state index < -0.39 is 5.60 Å². The van der Waals surface area contributed by atoms with Crippen LogP contribution in [0.3, 0.4) is 0 Å². The van der Waals surface area contributed by atoms with Gasteiger partial charge >= 0.3 is 0 Å². The second-order valence-electron chi connectivity index (χ2n) is 4.77. The van der Waals surface area contributed by atoms with Gasteiger partial charge in [-0.1, -0.05) is 72.9 Å². The molecule has 0 spiro atoms. The first kappa shape index (κ1) is 10.5. The summed E-state index contributed by atoms with van der Waals surface area (Å²) in [6.45, 7) is 0. The van der Waals surface area contributed by atoms with Gasteiger partial charge < -0.3 is 5.11 Å². The molecule has 3 aliphatic carbocycles. The quantitative estimate of drug-likeness (QED) is 0.781. The van der Waals surface area contributed by atoms with Gasteiger partial charge in [-0.25, -0.2) is 0 Å². The minimum Gasteiger partial charge on any atom is -0.387 e. The SMILES string of the molecule is OC(C1C=CC=C1)(C1C=CC=C1)C1C=CC=C1. The van der Waals surface area contributed by atoms with E-state index in [9.17, 15) is 5.11 Å². The molecule has 0 aromatic carbocycles. The summed E-state index contributed by atoms with van der Waals surface area (Å²) >= 11 is 0. The molecule has 0 radical (unpaired) electrons. The van der Waals surface area contributed by atoms with Crippen LogP contribution >= 0.6 is 0 Å². The van der Waals surface area contributed by atoms with Crippen LogP contribution in [-0.4, -0.2) is 10.7 Å². The maximum Gasteiger partial charge on any atom is 0.0938 e. The Balaban J connectivity index is 1.99. The maximum absolute atomic E-state index is 11.2. The highest BCUT2D eigenvalue weighted by atomic mass is 16.3. The van der Waals surface area contributed by atoms with Crippen LogP contribution in [0.1, 0.15) is 0 Å². The first-order valence-corrected chi connectivity index (χ1v) is 6.09. The lowest BCUT2D eigenvalue weighted by Crippen LogP contribution is -2.47. The second-order valence-corrected chi connectivity index (χ2v) is 4.77. The summed E-state index contributed by atoms with van der Waals surface area (Å²) in [6, 6.07) is 0. The fourth-order valence-electron chi connectivity index (χ4n) is 2.89. The van der Waals surface area contributed by atoms with E-state index >= 15 is 0 Å². The van der Waals surface area contributed by atoms with Crippen molar-refractivity contribution in [2.24, 2.45) is 17.8 Å². The van der Waals surface area contributed by atoms with Crippen LogP contribution in [0.15, 0.2) is 72.9 Å². The number of rotatable bonds is 3. The van der Waals surface area contributed by atoms with Gasteiger partial charge in [-0.15, -0.1) is 0 Å². The smallest absolute Gasteiger partial charge is 0.0938 e. The number of hydrogen-bond acceptors (Lipinski definition) is 1. The molecule has 0 aromatic rings. The summed E-state index contributed by atoms with van der Waals surface area (Å²) in [7, 11) is 0. The molecule has 0 unspecified atom stereocenters. The Labute approximate surface area is 102 Å². The Hall–Kier alpha value is -1.60. The van der Waals surface area contributed by atoms with Crippen molar-refractivity contribution < 1.29 is 5.11 Å². The second kappa shape index (κ2) is 4.01.